The highest BCUT2D eigenvalue weighted by Gasteiger charge is 2.19. The molecule has 0 bridgehead atoms. The summed E-state index contributed by atoms with van der Waals surface area (Å²) < 4.78 is 24.9. The van der Waals surface area contributed by atoms with Gasteiger partial charge in [-0.25, -0.2) is 8.78 Å². The van der Waals surface area contributed by atoms with E-state index < -0.39 is 11.3 Å². The molecule has 1 aromatic rings. The van der Waals surface area contributed by atoms with Crippen LogP contribution in [-0.4, -0.2) is 4.92 Å². The highest BCUT2D eigenvalue weighted by atomic mass is 19.3. The molecule has 0 amide bonds. The van der Waals surface area contributed by atoms with E-state index in [1.807, 2.05) is 0 Å². The minimum atomic E-state index is -2.67. The molecule has 0 aliphatic rings. The molecule has 0 N–H and O–H groups in total. The number of hydrogen-bond donors (Lipinski definition) is 0. The first-order chi connectivity index (χ1) is 6.43. The molecule has 0 heterocycles. The molecule has 0 aliphatic carbocycles. The van der Waals surface area contributed by atoms with Crippen LogP contribution in [0.4, 0.5) is 14.5 Å². The Balaban J connectivity index is 3.40. The van der Waals surface area contributed by atoms with Crippen LogP contribution in [0.15, 0.2) is 12.1 Å². The molecule has 0 radical (unpaired) electrons. The number of nitro groups is 1. The number of nitro benzene ring substituents is 1. The smallest absolute Gasteiger partial charge is 0.258 e. The molecule has 3 nitrogen and oxygen atoms in total. The van der Waals surface area contributed by atoms with Crippen LogP contribution in [0.1, 0.15) is 23.1 Å². The zero-order valence-electron chi connectivity index (χ0n) is 7.75. The quantitative estimate of drug-likeness (QED) is 0.544. The monoisotopic (exact) mass is 201 g/mol. The standard InChI is InChI=1S/C9H9F2NO2/c1-5-3-7(9(10)11)6(2)8(4-5)12(13)14/h3-4,9H,1-2H3. The Labute approximate surface area is 79.5 Å². The molecular weight excluding hydrogens is 192 g/mol. The third kappa shape index (κ3) is 1.86. The zero-order valence-corrected chi connectivity index (χ0v) is 7.75. The average molecular weight is 201 g/mol. The number of nitrogens with zero attached hydrogens (tertiary/aromatic N) is 1. The molecule has 5 heteroatoms. The van der Waals surface area contributed by atoms with Gasteiger partial charge in [0.05, 0.1) is 4.92 Å². The Morgan fingerprint density at radius 1 is 1.36 bits per heavy atom. The van der Waals surface area contributed by atoms with Gasteiger partial charge < -0.3 is 0 Å². The van der Waals surface area contributed by atoms with E-state index in [1.165, 1.54) is 19.1 Å². The fraction of sp³-hybridized carbons (Fsp3) is 0.333. The summed E-state index contributed by atoms with van der Waals surface area (Å²) in [6, 6.07) is 2.56. The van der Waals surface area contributed by atoms with E-state index in [4.69, 9.17) is 0 Å². The van der Waals surface area contributed by atoms with Crippen molar-refractivity contribution in [3.05, 3.63) is 38.9 Å². The van der Waals surface area contributed by atoms with E-state index in [-0.39, 0.29) is 16.8 Å². The Kier molecular flexibility index (Phi) is 2.78. The maximum atomic E-state index is 12.4. The van der Waals surface area contributed by atoms with Gasteiger partial charge in [-0.15, -0.1) is 0 Å². The van der Waals surface area contributed by atoms with Crippen molar-refractivity contribution in [2.75, 3.05) is 0 Å². The summed E-state index contributed by atoms with van der Waals surface area (Å²) in [5.74, 6) is 0. The maximum Gasteiger partial charge on any atom is 0.273 e. The summed E-state index contributed by atoms with van der Waals surface area (Å²) >= 11 is 0. The van der Waals surface area contributed by atoms with Crippen molar-refractivity contribution in [2.45, 2.75) is 20.3 Å². The van der Waals surface area contributed by atoms with E-state index in [2.05, 4.69) is 0 Å². The second-order valence-corrected chi connectivity index (χ2v) is 3.06. The lowest BCUT2D eigenvalue weighted by atomic mass is 10.0. The summed E-state index contributed by atoms with van der Waals surface area (Å²) in [7, 11) is 0. The largest absolute Gasteiger partial charge is 0.273 e. The number of benzene rings is 1. The Bertz CT molecular complexity index is 377. The molecule has 0 saturated heterocycles. The van der Waals surface area contributed by atoms with Gasteiger partial charge in [0.2, 0.25) is 0 Å². The SMILES string of the molecule is Cc1cc(C(F)F)c(C)c([N+](=O)[O-])c1. The van der Waals surface area contributed by atoms with Gasteiger partial charge in [0.15, 0.2) is 0 Å². The minimum Gasteiger partial charge on any atom is -0.258 e. The first-order valence-electron chi connectivity index (χ1n) is 3.97. The van der Waals surface area contributed by atoms with Crippen LogP contribution in [0, 0.1) is 24.0 Å². The number of aryl methyl sites for hydroxylation is 1. The number of rotatable bonds is 2. The van der Waals surface area contributed by atoms with Crippen molar-refractivity contribution in [3.8, 4) is 0 Å². The Hall–Kier alpha value is -1.52. The molecule has 14 heavy (non-hydrogen) atoms. The first-order valence-corrected chi connectivity index (χ1v) is 3.97. The molecule has 0 unspecified atom stereocenters. The first kappa shape index (κ1) is 10.6. The van der Waals surface area contributed by atoms with E-state index >= 15 is 0 Å². The molecule has 1 aromatic carbocycles. The topological polar surface area (TPSA) is 43.1 Å². The maximum absolute atomic E-state index is 12.4. The highest BCUT2D eigenvalue weighted by molar-refractivity contribution is 5.47. The average Bonchev–Trinajstić information content (AvgIpc) is 2.07. The van der Waals surface area contributed by atoms with Crippen LogP contribution in [0.5, 0.6) is 0 Å². The summed E-state index contributed by atoms with van der Waals surface area (Å²) in [6.45, 7) is 2.89. The minimum absolute atomic E-state index is 0.0376. The molecule has 0 saturated carbocycles. The molecule has 1 rings (SSSR count). The van der Waals surface area contributed by atoms with E-state index in [9.17, 15) is 18.9 Å². The lowest BCUT2D eigenvalue weighted by molar-refractivity contribution is -0.385. The van der Waals surface area contributed by atoms with Gasteiger partial charge in [-0.2, -0.15) is 0 Å². The zero-order chi connectivity index (χ0) is 10.9. The summed E-state index contributed by atoms with van der Waals surface area (Å²) in [6.07, 6.45) is -2.67. The highest BCUT2D eigenvalue weighted by Crippen LogP contribution is 2.30. The molecular formula is C9H9F2NO2. The van der Waals surface area contributed by atoms with Gasteiger partial charge in [0.1, 0.15) is 0 Å². The lowest BCUT2D eigenvalue weighted by Crippen LogP contribution is -1.98. The van der Waals surface area contributed by atoms with Crippen molar-refractivity contribution < 1.29 is 13.7 Å². The van der Waals surface area contributed by atoms with Gasteiger partial charge in [0.25, 0.3) is 12.1 Å². The summed E-state index contributed by atoms with van der Waals surface area (Å²) in [5.41, 5.74) is -0.00907. The van der Waals surface area contributed by atoms with Crippen LogP contribution in [0.25, 0.3) is 0 Å². The number of halogens is 2. The van der Waals surface area contributed by atoms with Gasteiger partial charge in [0, 0.05) is 17.2 Å². The van der Waals surface area contributed by atoms with Crippen LogP contribution >= 0.6 is 0 Å². The van der Waals surface area contributed by atoms with Crippen LogP contribution in [0.2, 0.25) is 0 Å². The van der Waals surface area contributed by atoms with Gasteiger partial charge in [-0.3, -0.25) is 10.1 Å². The molecule has 0 atom stereocenters. The normalized spacial score (nSPS) is 10.6. The molecule has 0 fully saturated rings. The summed E-state index contributed by atoms with van der Waals surface area (Å²) in [5, 5.41) is 10.5. The van der Waals surface area contributed by atoms with Crippen molar-refractivity contribution in [1.29, 1.82) is 0 Å². The Morgan fingerprint density at radius 2 is 1.93 bits per heavy atom. The molecule has 0 spiro atoms. The van der Waals surface area contributed by atoms with Gasteiger partial charge in [-0.05, 0) is 25.5 Å². The summed E-state index contributed by atoms with van der Waals surface area (Å²) in [4.78, 5) is 9.86. The van der Waals surface area contributed by atoms with E-state index in [1.54, 1.807) is 6.92 Å². The molecule has 0 aliphatic heterocycles. The van der Waals surface area contributed by atoms with Gasteiger partial charge >= 0.3 is 0 Å². The molecule has 0 aromatic heterocycles. The van der Waals surface area contributed by atoms with E-state index in [0.717, 1.165) is 0 Å². The van der Waals surface area contributed by atoms with Crippen LogP contribution in [-0.2, 0) is 0 Å². The van der Waals surface area contributed by atoms with Crippen molar-refractivity contribution >= 4 is 5.69 Å². The fourth-order valence-electron chi connectivity index (χ4n) is 1.28. The number of alkyl halides is 2. The van der Waals surface area contributed by atoms with E-state index in [0.29, 0.717) is 5.56 Å². The predicted molar refractivity (Wildman–Crippen MR) is 47.5 cm³/mol. The van der Waals surface area contributed by atoms with Crippen LogP contribution in [0.3, 0.4) is 0 Å². The van der Waals surface area contributed by atoms with Crippen molar-refractivity contribution in [2.24, 2.45) is 0 Å². The Morgan fingerprint density at radius 3 is 2.36 bits per heavy atom. The fourth-order valence-corrected chi connectivity index (χ4v) is 1.28. The van der Waals surface area contributed by atoms with Gasteiger partial charge in [-0.1, -0.05) is 0 Å². The van der Waals surface area contributed by atoms with Crippen molar-refractivity contribution in [1.82, 2.24) is 0 Å². The third-order valence-corrected chi connectivity index (χ3v) is 2.00. The second kappa shape index (κ2) is 3.69. The predicted octanol–water partition coefficient (Wildman–Crippen LogP) is 3.15. The molecule has 76 valence electrons. The van der Waals surface area contributed by atoms with Crippen molar-refractivity contribution in [3.63, 3.8) is 0 Å². The number of hydrogen-bond acceptors (Lipinski definition) is 2. The third-order valence-electron chi connectivity index (χ3n) is 2.00. The van der Waals surface area contributed by atoms with Crippen LogP contribution < -0.4 is 0 Å². The lowest BCUT2D eigenvalue weighted by Gasteiger charge is -2.06. The second-order valence-electron chi connectivity index (χ2n) is 3.06.